The highest BCUT2D eigenvalue weighted by atomic mass is 32.2. The number of ether oxygens (including phenoxy) is 1. The van der Waals surface area contributed by atoms with Crippen molar-refractivity contribution in [3.8, 4) is 5.75 Å². The summed E-state index contributed by atoms with van der Waals surface area (Å²) >= 11 is 0. The Kier molecular flexibility index (Phi) is 3.54. The third kappa shape index (κ3) is 3.70. The van der Waals surface area contributed by atoms with Crippen LogP contribution in [0.2, 0.25) is 0 Å². The molecule has 1 aliphatic rings. The number of benzene rings is 1. The second-order valence-corrected chi connectivity index (χ2v) is 7.25. The van der Waals surface area contributed by atoms with Crippen molar-refractivity contribution in [2.75, 3.05) is 12.9 Å². The monoisotopic (exact) mass is 282 g/mol. The average Bonchev–Trinajstić information content (AvgIpc) is 3.05. The Morgan fingerprint density at radius 2 is 1.95 bits per heavy atom. The molecule has 6 heteroatoms. The zero-order valence-electron chi connectivity index (χ0n) is 10.8. The molecule has 104 valence electrons. The lowest BCUT2D eigenvalue weighted by atomic mass is 10.0. The van der Waals surface area contributed by atoms with Gasteiger partial charge < -0.3 is 10.5 Å². The third-order valence-electron chi connectivity index (χ3n) is 3.32. The van der Waals surface area contributed by atoms with Crippen LogP contribution in [0.15, 0.2) is 29.2 Å². The van der Waals surface area contributed by atoms with Gasteiger partial charge in [0.25, 0.3) is 0 Å². The molecule has 3 N–H and O–H groups in total. The van der Waals surface area contributed by atoms with Crippen molar-refractivity contribution in [2.45, 2.75) is 24.2 Å². The first-order valence-corrected chi connectivity index (χ1v) is 7.96. The van der Waals surface area contributed by atoms with Crippen molar-refractivity contribution in [3.05, 3.63) is 24.3 Å². The van der Waals surface area contributed by atoms with Crippen LogP contribution in [0.25, 0.3) is 0 Å². The lowest BCUT2D eigenvalue weighted by Crippen LogP contribution is -2.21. The fourth-order valence-corrected chi connectivity index (χ4v) is 2.60. The van der Waals surface area contributed by atoms with E-state index in [9.17, 15) is 8.42 Å². The van der Waals surface area contributed by atoms with E-state index < -0.39 is 9.84 Å². The van der Waals surface area contributed by atoms with Crippen molar-refractivity contribution in [1.29, 1.82) is 5.41 Å². The molecule has 0 saturated heterocycles. The number of nitrogens with two attached hydrogens (primary N) is 1. The number of amidine groups is 1. The quantitative estimate of drug-likeness (QED) is 0.612. The maximum atomic E-state index is 11.3. The minimum atomic E-state index is -3.17. The minimum Gasteiger partial charge on any atom is -0.493 e. The van der Waals surface area contributed by atoms with E-state index in [1.54, 1.807) is 12.1 Å². The van der Waals surface area contributed by atoms with Gasteiger partial charge in [0.2, 0.25) is 0 Å². The van der Waals surface area contributed by atoms with Gasteiger partial charge in [0.15, 0.2) is 9.84 Å². The number of hydrogen-bond acceptors (Lipinski definition) is 4. The summed E-state index contributed by atoms with van der Waals surface area (Å²) < 4.78 is 28.3. The molecule has 0 aromatic heterocycles. The summed E-state index contributed by atoms with van der Waals surface area (Å²) in [5, 5.41) is 7.33. The number of nitrogens with one attached hydrogen (secondary N) is 1. The van der Waals surface area contributed by atoms with Crippen molar-refractivity contribution in [1.82, 2.24) is 0 Å². The van der Waals surface area contributed by atoms with E-state index in [1.165, 1.54) is 18.4 Å². The topological polar surface area (TPSA) is 93.2 Å². The first-order chi connectivity index (χ1) is 8.81. The Morgan fingerprint density at radius 1 is 1.37 bits per heavy atom. The normalized spacial score (nSPS) is 16.9. The summed E-state index contributed by atoms with van der Waals surface area (Å²) in [6.07, 6.45) is 3.78. The Balaban J connectivity index is 1.96. The highest BCUT2D eigenvalue weighted by Gasteiger charge is 2.43. The second kappa shape index (κ2) is 4.85. The highest BCUT2D eigenvalue weighted by Crippen LogP contribution is 2.48. The Morgan fingerprint density at radius 3 is 2.37 bits per heavy atom. The molecule has 1 aromatic carbocycles. The van der Waals surface area contributed by atoms with Crippen LogP contribution in [-0.2, 0) is 9.84 Å². The van der Waals surface area contributed by atoms with Gasteiger partial charge in [-0.3, -0.25) is 5.41 Å². The molecule has 0 radical (unpaired) electrons. The molecule has 5 nitrogen and oxygen atoms in total. The van der Waals surface area contributed by atoms with E-state index in [1.807, 2.05) is 0 Å². The van der Waals surface area contributed by atoms with Crippen molar-refractivity contribution < 1.29 is 13.2 Å². The summed E-state index contributed by atoms with van der Waals surface area (Å²) in [5.41, 5.74) is 5.43. The number of rotatable bonds is 6. The third-order valence-corrected chi connectivity index (χ3v) is 4.45. The molecule has 0 bridgehead atoms. The number of sulfone groups is 1. The van der Waals surface area contributed by atoms with Crippen LogP contribution in [-0.4, -0.2) is 27.1 Å². The van der Waals surface area contributed by atoms with Crippen LogP contribution in [0.4, 0.5) is 0 Å². The van der Waals surface area contributed by atoms with Crippen LogP contribution in [0.3, 0.4) is 0 Å². The highest BCUT2D eigenvalue weighted by molar-refractivity contribution is 7.90. The van der Waals surface area contributed by atoms with Crippen molar-refractivity contribution in [2.24, 2.45) is 11.1 Å². The van der Waals surface area contributed by atoms with Gasteiger partial charge in [-0.1, -0.05) is 0 Å². The molecular weight excluding hydrogens is 264 g/mol. The standard InChI is InChI=1S/C13H18N2O3S/c1-19(16,17)11-4-2-10(3-5-11)18-9-13(6-7-13)8-12(14)15/h2-5H,6-9H2,1H3,(H3,14,15). The van der Waals surface area contributed by atoms with Crippen LogP contribution in [0, 0.1) is 10.8 Å². The Hall–Kier alpha value is -1.56. The second-order valence-electron chi connectivity index (χ2n) is 5.23. The Labute approximate surface area is 113 Å². The molecule has 1 fully saturated rings. The van der Waals surface area contributed by atoms with E-state index >= 15 is 0 Å². The smallest absolute Gasteiger partial charge is 0.175 e. The van der Waals surface area contributed by atoms with Gasteiger partial charge in [-0.2, -0.15) is 0 Å². The molecule has 19 heavy (non-hydrogen) atoms. The molecule has 0 spiro atoms. The summed E-state index contributed by atoms with van der Waals surface area (Å²) in [7, 11) is -3.17. The average molecular weight is 282 g/mol. The van der Waals surface area contributed by atoms with E-state index in [0.717, 1.165) is 12.8 Å². The van der Waals surface area contributed by atoms with E-state index in [0.29, 0.717) is 18.8 Å². The van der Waals surface area contributed by atoms with Gasteiger partial charge in [-0.25, -0.2) is 8.42 Å². The lowest BCUT2D eigenvalue weighted by molar-refractivity contribution is 0.238. The van der Waals surface area contributed by atoms with Crippen LogP contribution >= 0.6 is 0 Å². The van der Waals surface area contributed by atoms with Gasteiger partial charge in [0.05, 0.1) is 17.3 Å². The Bertz CT molecular complexity index is 574. The molecule has 0 heterocycles. The maximum absolute atomic E-state index is 11.3. The molecular formula is C13H18N2O3S. The predicted molar refractivity (Wildman–Crippen MR) is 73.2 cm³/mol. The van der Waals surface area contributed by atoms with E-state index in [2.05, 4.69) is 0 Å². The predicted octanol–water partition coefficient (Wildman–Crippen LogP) is 1.58. The molecule has 1 aromatic rings. The molecule has 2 rings (SSSR count). The lowest BCUT2D eigenvalue weighted by Gasteiger charge is -2.15. The molecule has 0 unspecified atom stereocenters. The molecule has 1 saturated carbocycles. The van der Waals surface area contributed by atoms with Crippen molar-refractivity contribution >= 4 is 15.7 Å². The zero-order chi connectivity index (χ0) is 14.1. The fourth-order valence-electron chi connectivity index (χ4n) is 1.97. The molecule has 1 aliphatic carbocycles. The van der Waals surface area contributed by atoms with Gasteiger partial charge in [0.1, 0.15) is 5.75 Å². The van der Waals surface area contributed by atoms with Gasteiger partial charge >= 0.3 is 0 Å². The zero-order valence-corrected chi connectivity index (χ0v) is 11.7. The van der Waals surface area contributed by atoms with Gasteiger partial charge in [-0.05, 0) is 37.1 Å². The van der Waals surface area contributed by atoms with Gasteiger partial charge in [0, 0.05) is 18.1 Å². The summed E-state index contributed by atoms with van der Waals surface area (Å²) in [6.45, 7) is 0.519. The van der Waals surface area contributed by atoms with Crippen molar-refractivity contribution in [3.63, 3.8) is 0 Å². The first-order valence-electron chi connectivity index (χ1n) is 6.07. The SMILES string of the molecule is CS(=O)(=O)c1ccc(OCC2(CC(=N)N)CC2)cc1. The van der Waals surface area contributed by atoms with Gasteiger partial charge in [-0.15, -0.1) is 0 Å². The summed E-state index contributed by atoms with van der Waals surface area (Å²) in [6, 6.07) is 6.38. The fraction of sp³-hybridized carbons (Fsp3) is 0.462. The van der Waals surface area contributed by atoms with E-state index in [-0.39, 0.29) is 16.1 Å². The van der Waals surface area contributed by atoms with Crippen LogP contribution in [0.5, 0.6) is 5.75 Å². The largest absolute Gasteiger partial charge is 0.493 e. The maximum Gasteiger partial charge on any atom is 0.175 e. The first kappa shape index (κ1) is 13.9. The van der Waals surface area contributed by atoms with E-state index in [4.69, 9.17) is 15.9 Å². The number of hydrogen-bond donors (Lipinski definition) is 2. The summed E-state index contributed by atoms with van der Waals surface area (Å²) in [5.74, 6) is 0.829. The molecule has 0 atom stereocenters. The molecule has 0 aliphatic heterocycles. The molecule has 0 amide bonds. The minimum absolute atomic E-state index is 0.0152. The van der Waals surface area contributed by atoms with Crippen LogP contribution in [0.1, 0.15) is 19.3 Å². The summed E-state index contributed by atoms with van der Waals surface area (Å²) in [4.78, 5) is 0.282. The van der Waals surface area contributed by atoms with Crippen LogP contribution < -0.4 is 10.5 Å².